The summed E-state index contributed by atoms with van der Waals surface area (Å²) < 4.78 is 0. The summed E-state index contributed by atoms with van der Waals surface area (Å²) >= 11 is 0. The highest BCUT2D eigenvalue weighted by molar-refractivity contribution is 5.92. The number of piperidine rings is 1. The molecule has 0 aromatic heterocycles. The molecule has 4 amide bonds. The van der Waals surface area contributed by atoms with Gasteiger partial charge in [-0.05, 0) is 37.2 Å². The van der Waals surface area contributed by atoms with E-state index in [9.17, 15) is 29.4 Å². The van der Waals surface area contributed by atoms with Crippen molar-refractivity contribution in [3.8, 4) is 0 Å². The number of hydrogen-bond donors (Lipinski definition) is 10. The van der Waals surface area contributed by atoms with E-state index in [1.807, 2.05) is 0 Å². The minimum Gasteiger partial charge on any atom is -0.480 e. The average molecular weight is 605 g/mol. The molecule has 1 aliphatic rings. The average Bonchev–Trinajstić information content (AvgIpc) is 2.93. The van der Waals surface area contributed by atoms with E-state index in [-0.39, 0.29) is 43.6 Å². The number of aliphatic imine (C=N–C) groups is 1. The third-order valence-electron chi connectivity index (χ3n) is 6.93. The van der Waals surface area contributed by atoms with Crippen molar-refractivity contribution >= 4 is 35.7 Å². The van der Waals surface area contributed by atoms with Crippen LogP contribution in [0.1, 0.15) is 45.1 Å². The smallest absolute Gasteiger partial charge is 0.326 e. The maximum absolute atomic E-state index is 13.4. The maximum Gasteiger partial charge on any atom is 0.326 e. The standard InChI is InChI=1S/C27H44N10O6/c1-15(2)20(22(39)33-18-11-7-13-37(23(18)40)26(30)31)36-21(38)17(10-6-12-32-25(28)29)34-27(43)35-19(24(41)42)14-16-8-4-3-5-9-16/h3-5,8-9,15,17-20,23,40H,6-7,10-14H2,1-2H3,(H3,30,31)(H,33,39)(H,36,38)(H,41,42)(H4,28,29,32)(H2,34,35,43)/t17-,18?,19-,20-,23?/m0/s1. The predicted octanol–water partition coefficient (Wildman–Crippen LogP) is -1.66. The number of carboxylic acids is 1. The number of nitrogens with one attached hydrogen (secondary N) is 5. The highest BCUT2D eigenvalue weighted by Gasteiger charge is 2.35. The van der Waals surface area contributed by atoms with Gasteiger partial charge >= 0.3 is 12.0 Å². The van der Waals surface area contributed by atoms with Crippen LogP contribution in [0.5, 0.6) is 0 Å². The summed E-state index contributed by atoms with van der Waals surface area (Å²) in [6, 6.07) is 3.68. The van der Waals surface area contributed by atoms with Crippen LogP contribution in [0.25, 0.3) is 0 Å². The number of carbonyl (C=O) groups is 4. The Morgan fingerprint density at radius 2 is 1.70 bits per heavy atom. The zero-order chi connectivity index (χ0) is 32.1. The molecule has 0 spiro atoms. The van der Waals surface area contributed by atoms with E-state index < -0.39 is 54.2 Å². The van der Waals surface area contributed by atoms with Crippen LogP contribution in [0.2, 0.25) is 0 Å². The van der Waals surface area contributed by atoms with Crippen molar-refractivity contribution in [1.82, 2.24) is 26.2 Å². The molecule has 238 valence electrons. The molecule has 16 heteroatoms. The summed E-state index contributed by atoms with van der Waals surface area (Å²) in [6.45, 7) is 3.98. The molecular weight excluding hydrogens is 560 g/mol. The lowest BCUT2D eigenvalue weighted by molar-refractivity contribution is -0.139. The second-order valence-electron chi connectivity index (χ2n) is 10.7. The molecule has 1 heterocycles. The number of hydrogen-bond acceptors (Lipinski definition) is 7. The quantitative estimate of drug-likeness (QED) is 0.0655. The first-order chi connectivity index (χ1) is 20.3. The number of urea groups is 1. The topological polar surface area (TPSA) is 274 Å². The molecule has 1 aromatic carbocycles. The first kappa shape index (κ1) is 34.6. The van der Waals surface area contributed by atoms with Gasteiger partial charge in [0, 0.05) is 19.5 Å². The molecule has 5 atom stereocenters. The van der Waals surface area contributed by atoms with Gasteiger partial charge in [0.25, 0.3) is 0 Å². The first-order valence-electron chi connectivity index (χ1n) is 14.1. The van der Waals surface area contributed by atoms with Crippen molar-refractivity contribution < 1.29 is 29.4 Å². The van der Waals surface area contributed by atoms with Gasteiger partial charge < -0.3 is 53.6 Å². The van der Waals surface area contributed by atoms with E-state index in [1.54, 1.807) is 44.2 Å². The van der Waals surface area contributed by atoms with E-state index in [4.69, 9.17) is 22.6 Å². The molecule has 1 aromatic rings. The largest absolute Gasteiger partial charge is 0.480 e. The predicted molar refractivity (Wildman–Crippen MR) is 159 cm³/mol. The minimum atomic E-state index is -1.27. The zero-order valence-corrected chi connectivity index (χ0v) is 24.5. The second-order valence-corrected chi connectivity index (χ2v) is 10.7. The monoisotopic (exact) mass is 604 g/mol. The Kier molecular flexibility index (Phi) is 13.5. The highest BCUT2D eigenvalue weighted by atomic mass is 16.4. The number of aliphatic carboxylic acids is 1. The van der Waals surface area contributed by atoms with Crippen molar-refractivity contribution in [1.29, 1.82) is 5.41 Å². The Morgan fingerprint density at radius 3 is 2.28 bits per heavy atom. The van der Waals surface area contributed by atoms with Crippen LogP contribution in [0, 0.1) is 11.3 Å². The summed E-state index contributed by atoms with van der Waals surface area (Å²) in [5.74, 6) is -3.33. The van der Waals surface area contributed by atoms with Crippen molar-refractivity contribution in [3.63, 3.8) is 0 Å². The number of amides is 4. The summed E-state index contributed by atoms with van der Waals surface area (Å²) in [7, 11) is 0. The third-order valence-corrected chi connectivity index (χ3v) is 6.93. The second kappa shape index (κ2) is 16.7. The molecule has 1 aliphatic heterocycles. The minimum absolute atomic E-state index is 0.0224. The Hall–Kier alpha value is -4.60. The van der Waals surface area contributed by atoms with Gasteiger partial charge in [-0.1, -0.05) is 44.2 Å². The highest BCUT2D eigenvalue weighted by Crippen LogP contribution is 2.16. The molecular formula is C27H44N10O6. The van der Waals surface area contributed by atoms with Crippen LogP contribution in [-0.2, 0) is 20.8 Å². The molecule has 0 bridgehead atoms. The lowest BCUT2D eigenvalue weighted by Gasteiger charge is -2.39. The normalized spacial score (nSPS) is 18.5. The number of carboxylic acid groups (broad SMARTS) is 1. The molecule has 0 radical (unpaired) electrons. The van der Waals surface area contributed by atoms with E-state index >= 15 is 0 Å². The number of guanidine groups is 2. The number of aliphatic hydroxyl groups excluding tert-OH is 1. The molecule has 1 fully saturated rings. The van der Waals surface area contributed by atoms with Crippen LogP contribution >= 0.6 is 0 Å². The van der Waals surface area contributed by atoms with E-state index in [0.29, 0.717) is 24.9 Å². The molecule has 13 N–H and O–H groups in total. The Balaban J connectivity index is 2.13. The zero-order valence-electron chi connectivity index (χ0n) is 24.5. The maximum atomic E-state index is 13.4. The number of carbonyl (C=O) groups excluding carboxylic acids is 3. The Morgan fingerprint density at radius 1 is 1.05 bits per heavy atom. The van der Waals surface area contributed by atoms with Gasteiger partial charge in [0.05, 0.1) is 6.04 Å². The van der Waals surface area contributed by atoms with E-state index in [1.165, 1.54) is 4.90 Å². The molecule has 0 aliphatic carbocycles. The summed E-state index contributed by atoms with van der Waals surface area (Å²) in [5.41, 5.74) is 17.0. The number of benzene rings is 1. The van der Waals surface area contributed by atoms with Crippen molar-refractivity contribution in [2.45, 2.75) is 76.3 Å². The van der Waals surface area contributed by atoms with Gasteiger partial charge in [0.15, 0.2) is 11.9 Å². The van der Waals surface area contributed by atoms with Crippen LogP contribution in [0.15, 0.2) is 35.3 Å². The lowest BCUT2D eigenvalue weighted by Crippen LogP contribution is -2.62. The fraction of sp³-hybridized carbons (Fsp3) is 0.556. The van der Waals surface area contributed by atoms with Crippen LogP contribution in [-0.4, -0.2) is 94.3 Å². The molecule has 2 unspecified atom stereocenters. The number of nitrogens with two attached hydrogens (primary N) is 3. The van der Waals surface area contributed by atoms with Crippen LogP contribution < -0.4 is 38.5 Å². The molecule has 16 nitrogen and oxygen atoms in total. The Bertz CT molecular complexity index is 1140. The third kappa shape index (κ3) is 11.3. The SMILES string of the molecule is CC(C)[C@H](NC(=O)[C@H](CCCN=C(N)N)NC(=O)N[C@@H](Cc1ccccc1)C(=O)O)C(=O)NC1CCCN(C(=N)N)C1O. The number of aliphatic hydroxyl groups is 1. The summed E-state index contributed by atoms with van der Waals surface area (Å²) in [6.07, 6.45) is 0.209. The fourth-order valence-electron chi connectivity index (χ4n) is 4.63. The van der Waals surface area contributed by atoms with Gasteiger partial charge in [0.1, 0.15) is 24.4 Å². The van der Waals surface area contributed by atoms with Crippen molar-refractivity contribution in [2.24, 2.45) is 28.1 Å². The molecule has 2 rings (SSSR count). The number of rotatable bonds is 14. The number of nitrogens with zero attached hydrogens (tertiary/aromatic N) is 2. The number of likely N-dealkylation sites (tertiary alicyclic amines) is 1. The molecule has 43 heavy (non-hydrogen) atoms. The van der Waals surface area contributed by atoms with Gasteiger partial charge in [-0.3, -0.25) is 20.0 Å². The van der Waals surface area contributed by atoms with Gasteiger partial charge in [-0.15, -0.1) is 0 Å². The molecule has 1 saturated heterocycles. The first-order valence-corrected chi connectivity index (χ1v) is 14.1. The van der Waals surface area contributed by atoms with Crippen LogP contribution in [0.4, 0.5) is 4.79 Å². The lowest BCUT2D eigenvalue weighted by atomic mass is 9.99. The van der Waals surface area contributed by atoms with Gasteiger partial charge in [-0.2, -0.15) is 0 Å². The summed E-state index contributed by atoms with van der Waals surface area (Å²) in [4.78, 5) is 56.5. The fourth-order valence-corrected chi connectivity index (χ4v) is 4.63. The summed E-state index contributed by atoms with van der Waals surface area (Å²) in [5, 5.41) is 38.2. The van der Waals surface area contributed by atoms with Gasteiger partial charge in [-0.25, -0.2) is 9.59 Å². The van der Waals surface area contributed by atoms with E-state index in [2.05, 4.69) is 26.3 Å². The van der Waals surface area contributed by atoms with Gasteiger partial charge in [0.2, 0.25) is 11.8 Å². The van der Waals surface area contributed by atoms with Crippen molar-refractivity contribution in [2.75, 3.05) is 13.1 Å². The van der Waals surface area contributed by atoms with Crippen LogP contribution in [0.3, 0.4) is 0 Å². The Labute approximate surface area is 250 Å². The molecule has 0 saturated carbocycles. The van der Waals surface area contributed by atoms with E-state index in [0.717, 1.165) is 0 Å². The van der Waals surface area contributed by atoms with Crippen molar-refractivity contribution in [3.05, 3.63) is 35.9 Å².